The molecule has 22 heavy (non-hydrogen) atoms. The van der Waals surface area contributed by atoms with Gasteiger partial charge in [0.1, 0.15) is 0 Å². The molecule has 4 heteroatoms. The van der Waals surface area contributed by atoms with E-state index < -0.39 is 0 Å². The van der Waals surface area contributed by atoms with Crippen LogP contribution in [0.5, 0.6) is 0 Å². The zero-order valence-electron chi connectivity index (χ0n) is 13.6. The van der Waals surface area contributed by atoms with Crippen LogP contribution in [0.25, 0.3) is 0 Å². The minimum atomic E-state index is 0.128. The average molecular weight is 318 g/mol. The molecule has 0 saturated carbocycles. The molecule has 1 unspecified atom stereocenters. The van der Waals surface area contributed by atoms with Crippen LogP contribution in [0.1, 0.15) is 43.7 Å². The Labute approximate surface area is 136 Å². The highest BCUT2D eigenvalue weighted by Crippen LogP contribution is 2.28. The molecule has 0 aromatic heterocycles. The van der Waals surface area contributed by atoms with Gasteiger partial charge in [0.25, 0.3) is 0 Å². The maximum absolute atomic E-state index is 11.9. The number of likely N-dealkylation sites (tertiary alicyclic amines) is 1. The lowest BCUT2D eigenvalue weighted by Gasteiger charge is -2.31. The SMILES string of the molecule is CC(C)NCc1cccc(C2CCN(C(=O)/C=C/P)CC2)c1. The number of piperidine rings is 1. The summed E-state index contributed by atoms with van der Waals surface area (Å²) in [5.74, 6) is 2.44. The highest BCUT2D eigenvalue weighted by Gasteiger charge is 2.22. The van der Waals surface area contributed by atoms with E-state index in [1.54, 1.807) is 11.9 Å². The number of nitrogens with one attached hydrogen (secondary N) is 1. The molecule has 1 atom stereocenters. The number of nitrogens with zero attached hydrogens (tertiary/aromatic N) is 1. The molecular weight excluding hydrogens is 291 g/mol. The van der Waals surface area contributed by atoms with E-state index >= 15 is 0 Å². The van der Waals surface area contributed by atoms with E-state index in [-0.39, 0.29) is 5.91 Å². The van der Waals surface area contributed by atoms with Gasteiger partial charge in [-0.05, 0) is 29.9 Å². The fraction of sp³-hybridized carbons (Fsp3) is 0.500. The standard InChI is InChI=1S/C18H27N2OP/c1-14(2)19-13-15-4-3-5-17(12-15)16-6-9-20(10-7-16)18(21)8-11-22/h3-5,8,11-12,14,16,19H,6-7,9-10,13,22H2,1-2H3/b11-8+. The minimum Gasteiger partial charge on any atom is -0.339 e. The van der Waals surface area contributed by atoms with Gasteiger partial charge in [0.2, 0.25) is 5.91 Å². The molecule has 1 aliphatic rings. The summed E-state index contributed by atoms with van der Waals surface area (Å²) in [6.45, 7) is 6.96. The molecule has 1 N–H and O–H groups in total. The molecule has 120 valence electrons. The number of carbonyl (C=O) groups is 1. The largest absolute Gasteiger partial charge is 0.339 e. The molecule has 1 aromatic carbocycles. The maximum Gasteiger partial charge on any atom is 0.246 e. The molecule has 1 amide bonds. The number of amides is 1. The van der Waals surface area contributed by atoms with Gasteiger partial charge in [0.15, 0.2) is 0 Å². The van der Waals surface area contributed by atoms with Crippen LogP contribution in [-0.2, 0) is 11.3 Å². The lowest BCUT2D eigenvalue weighted by molar-refractivity contribution is -0.127. The molecular formula is C18H27N2OP. The monoisotopic (exact) mass is 318 g/mol. The Bertz CT molecular complexity index is 520. The summed E-state index contributed by atoms with van der Waals surface area (Å²) in [5, 5.41) is 3.47. The van der Waals surface area contributed by atoms with Crippen LogP contribution in [0.15, 0.2) is 36.2 Å². The van der Waals surface area contributed by atoms with Gasteiger partial charge in [0.05, 0.1) is 0 Å². The Hall–Kier alpha value is -1.18. The molecule has 3 nitrogen and oxygen atoms in total. The van der Waals surface area contributed by atoms with Crippen molar-refractivity contribution < 1.29 is 4.79 Å². The number of hydrogen-bond donors (Lipinski definition) is 1. The molecule has 1 saturated heterocycles. The van der Waals surface area contributed by atoms with Gasteiger partial charge < -0.3 is 10.2 Å². The predicted octanol–water partition coefficient (Wildman–Crippen LogP) is 3.28. The molecule has 0 spiro atoms. The Kier molecular flexibility index (Phi) is 6.60. The van der Waals surface area contributed by atoms with Crippen LogP contribution in [0, 0.1) is 0 Å². The topological polar surface area (TPSA) is 32.3 Å². The first kappa shape index (κ1) is 17.2. The first-order valence-corrected chi connectivity index (χ1v) is 8.76. The van der Waals surface area contributed by atoms with E-state index in [4.69, 9.17) is 0 Å². The van der Waals surface area contributed by atoms with E-state index in [0.717, 1.165) is 32.5 Å². The van der Waals surface area contributed by atoms with Crippen molar-refractivity contribution in [3.05, 3.63) is 47.3 Å². The third kappa shape index (κ3) is 4.93. The van der Waals surface area contributed by atoms with E-state index in [9.17, 15) is 4.79 Å². The van der Waals surface area contributed by atoms with Gasteiger partial charge in [-0.25, -0.2) is 0 Å². The molecule has 2 rings (SSSR count). The van der Waals surface area contributed by atoms with Crippen LogP contribution in [0.3, 0.4) is 0 Å². The van der Waals surface area contributed by atoms with Gasteiger partial charge in [-0.2, -0.15) is 0 Å². The van der Waals surface area contributed by atoms with Gasteiger partial charge in [-0.15, -0.1) is 9.24 Å². The van der Waals surface area contributed by atoms with Crippen molar-refractivity contribution in [3.63, 3.8) is 0 Å². The smallest absolute Gasteiger partial charge is 0.246 e. The van der Waals surface area contributed by atoms with E-state index in [1.807, 2.05) is 4.90 Å². The van der Waals surface area contributed by atoms with Crippen molar-refractivity contribution in [1.29, 1.82) is 0 Å². The molecule has 1 aliphatic heterocycles. The molecule has 0 bridgehead atoms. The van der Waals surface area contributed by atoms with E-state index in [0.29, 0.717) is 12.0 Å². The van der Waals surface area contributed by atoms with Crippen molar-refractivity contribution in [1.82, 2.24) is 10.2 Å². The Morgan fingerprint density at radius 2 is 2.14 bits per heavy atom. The van der Waals surface area contributed by atoms with E-state index in [2.05, 4.69) is 52.7 Å². The highest BCUT2D eigenvalue weighted by atomic mass is 31.0. The maximum atomic E-state index is 11.9. The van der Waals surface area contributed by atoms with Crippen LogP contribution >= 0.6 is 9.24 Å². The van der Waals surface area contributed by atoms with E-state index in [1.165, 1.54) is 11.1 Å². The van der Waals surface area contributed by atoms with Crippen LogP contribution < -0.4 is 5.32 Å². The lowest BCUT2D eigenvalue weighted by Crippen LogP contribution is -2.36. The van der Waals surface area contributed by atoms with Crippen molar-refractivity contribution >= 4 is 15.1 Å². The summed E-state index contributed by atoms with van der Waals surface area (Å²) in [6, 6.07) is 9.38. The summed E-state index contributed by atoms with van der Waals surface area (Å²) in [6.07, 6.45) is 3.73. The van der Waals surface area contributed by atoms with Crippen LogP contribution in [-0.4, -0.2) is 29.9 Å². The number of benzene rings is 1. The number of hydrogen-bond acceptors (Lipinski definition) is 2. The fourth-order valence-corrected chi connectivity index (χ4v) is 3.06. The average Bonchev–Trinajstić information content (AvgIpc) is 2.53. The first-order valence-electron chi connectivity index (χ1n) is 8.09. The minimum absolute atomic E-state index is 0.128. The molecule has 0 radical (unpaired) electrons. The second kappa shape index (κ2) is 8.45. The first-order chi connectivity index (χ1) is 10.6. The lowest BCUT2D eigenvalue weighted by atomic mass is 9.88. The van der Waals surface area contributed by atoms with Gasteiger partial charge in [-0.1, -0.05) is 43.9 Å². The second-order valence-corrected chi connectivity index (χ2v) is 6.62. The van der Waals surface area contributed by atoms with Crippen molar-refractivity contribution in [2.75, 3.05) is 13.1 Å². The molecule has 0 aliphatic carbocycles. The fourth-order valence-electron chi connectivity index (χ4n) is 2.90. The zero-order valence-corrected chi connectivity index (χ0v) is 14.7. The quantitative estimate of drug-likeness (QED) is 0.667. The molecule has 1 aromatic rings. The third-order valence-corrected chi connectivity index (χ3v) is 4.37. The van der Waals surface area contributed by atoms with Gasteiger partial charge in [0, 0.05) is 31.8 Å². The summed E-state index contributed by atoms with van der Waals surface area (Å²) in [4.78, 5) is 13.8. The Morgan fingerprint density at radius 3 is 2.77 bits per heavy atom. The number of carbonyl (C=O) groups excluding carboxylic acids is 1. The van der Waals surface area contributed by atoms with Crippen LogP contribution in [0.2, 0.25) is 0 Å². The van der Waals surface area contributed by atoms with Crippen LogP contribution in [0.4, 0.5) is 0 Å². The molecule has 1 fully saturated rings. The Morgan fingerprint density at radius 1 is 1.41 bits per heavy atom. The van der Waals surface area contributed by atoms with Crippen molar-refractivity contribution in [3.8, 4) is 0 Å². The predicted molar refractivity (Wildman–Crippen MR) is 95.8 cm³/mol. The zero-order chi connectivity index (χ0) is 15.9. The normalized spacial score (nSPS) is 16.6. The highest BCUT2D eigenvalue weighted by molar-refractivity contribution is 7.20. The van der Waals surface area contributed by atoms with Crippen molar-refractivity contribution in [2.45, 2.75) is 45.2 Å². The summed E-state index contributed by atoms with van der Waals surface area (Å²) in [5.41, 5.74) is 2.76. The second-order valence-electron chi connectivity index (χ2n) is 6.24. The van der Waals surface area contributed by atoms with Crippen molar-refractivity contribution in [2.24, 2.45) is 0 Å². The molecule has 1 heterocycles. The summed E-state index contributed by atoms with van der Waals surface area (Å²) >= 11 is 0. The third-order valence-electron chi connectivity index (χ3n) is 4.18. The Balaban J connectivity index is 1.93. The summed E-state index contributed by atoms with van der Waals surface area (Å²) < 4.78 is 0. The van der Waals surface area contributed by atoms with Gasteiger partial charge >= 0.3 is 0 Å². The summed E-state index contributed by atoms with van der Waals surface area (Å²) in [7, 11) is 2.46. The van der Waals surface area contributed by atoms with Gasteiger partial charge in [-0.3, -0.25) is 4.79 Å². The number of rotatable bonds is 5.